The van der Waals surface area contributed by atoms with Crippen molar-refractivity contribution in [3.8, 4) is 11.4 Å². The molecular weight excluding hydrogens is 363 g/mol. The summed E-state index contributed by atoms with van der Waals surface area (Å²) in [6.45, 7) is 5.32. The number of halogens is 2. The van der Waals surface area contributed by atoms with Crippen LogP contribution in [-0.4, -0.2) is 40.1 Å². The molecule has 3 rings (SSSR count). The van der Waals surface area contributed by atoms with E-state index in [1.165, 1.54) is 0 Å². The maximum atomic E-state index is 12.0. The molecule has 25 heavy (non-hydrogen) atoms. The molecule has 0 unspecified atom stereocenters. The predicted octanol–water partition coefficient (Wildman–Crippen LogP) is 4.10. The molecule has 0 atom stereocenters. The Labute approximate surface area is 156 Å². The minimum Gasteiger partial charge on any atom is -0.342 e. The van der Waals surface area contributed by atoms with Gasteiger partial charge in [0.15, 0.2) is 0 Å². The fraction of sp³-hybridized carbons (Fsp3) is 0.471. The number of aromatic nitrogens is 2. The highest BCUT2D eigenvalue weighted by Gasteiger charge is 2.25. The molecule has 8 heteroatoms. The van der Waals surface area contributed by atoms with Crippen molar-refractivity contribution in [3.05, 3.63) is 28.2 Å². The summed E-state index contributed by atoms with van der Waals surface area (Å²) >= 11 is 12.0. The highest BCUT2D eigenvalue weighted by atomic mass is 35.5. The first-order valence-corrected chi connectivity index (χ1v) is 9.03. The van der Waals surface area contributed by atoms with Crippen LogP contribution >= 0.6 is 23.2 Å². The molecule has 1 aliphatic rings. The van der Waals surface area contributed by atoms with Crippen LogP contribution in [0.5, 0.6) is 0 Å². The standard InChI is InChI=1S/C17H20Cl2N4O2/c1-10(2)16(24)23-5-3-14(4-6-23)20-17-21-15(22-25-17)11-7-12(18)9-13(19)8-11/h7-10,14H,3-6H2,1-2H3,(H,20,21,22). The van der Waals surface area contributed by atoms with E-state index < -0.39 is 0 Å². The van der Waals surface area contributed by atoms with Gasteiger partial charge in [0.25, 0.3) is 0 Å². The SMILES string of the molecule is CC(C)C(=O)N1CCC(Nc2nc(-c3cc(Cl)cc(Cl)c3)no2)CC1. The number of nitrogens with zero attached hydrogens (tertiary/aromatic N) is 3. The van der Waals surface area contributed by atoms with E-state index >= 15 is 0 Å². The largest absolute Gasteiger partial charge is 0.342 e. The molecule has 0 radical (unpaired) electrons. The highest BCUT2D eigenvalue weighted by Crippen LogP contribution is 2.26. The summed E-state index contributed by atoms with van der Waals surface area (Å²) in [5, 5.41) is 8.25. The summed E-state index contributed by atoms with van der Waals surface area (Å²) in [6, 6.07) is 5.68. The average molecular weight is 383 g/mol. The van der Waals surface area contributed by atoms with Crippen molar-refractivity contribution in [2.75, 3.05) is 18.4 Å². The molecule has 0 aliphatic carbocycles. The first-order chi connectivity index (χ1) is 11.9. The molecular formula is C17H20Cl2N4O2. The van der Waals surface area contributed by atoms with Crippen molar-refractivity contribution in [2.24, 2.45) is 5.92 Å². The van der Waals surface area contributed by atoms with Crippen LogP contribution in [0.1, 0.15) is 26.7 Å². The lowest BCUT2D eigenvalue weighted by Crippen LogP contribution is -2.44. The summed E-state index contributed by atoms with van der Waals surface area (Å²) in [4.78, 5) is 18.3. The first-order valence-electron chi connectivity index (χ1n) is 8.28. The van der Waals surface area contributed by atoms with Gasteiger partial charge in [-0.1, -0.05) is 42.2 Å². The minimum atomic E-state index is 0.0347. The number of amides is 1. The quantitative estimate of drug-likeness (QED) is 0.861. The Hall–Kier alpha value is -1.79. The fourth-order valence-corrected chi connectivity index (χ4v) is 3.39. The van der Waals surface area contributed by atoms with E-state index in [0.717, 1.165) is 25.9 Å². The van der Waals surface area contributed by atoms with Gasteiger partial charge in [-0.05, 0) is 31.0 Å². The third-order valence-electron chi connectivity index (χ3n) is 4.17. The molecule has 6 nitrogen and oxygen atoms in total. The van der Waals surface area contributed by atoms with E-state index in [4.69, 9.17) is 27.7 Å². The topological polar surface area (TPSA) is 71.3 Å². The van der Waals surface area contributed by atoms with Crippen LogP contribution in [0.3, 0.4) is 0 Å². The number of carbonyl (C=O) groups excluding carboxylic acids is 1. The molecule has 1 saturated heterocycles. The maximum absolute atomic E-state index is 12.0. The fourth-order valence-electron chi connectivity index (χ4n) is 2.87. The van der Waals surface area contributed by atoms with Crippen molar-refractivity contribution in [1.82, 2.24) is 15.0 Å². The van der Waals surface area contributed by atoms with Gasteiger partial charge < -0.3 is 14.7 Å². The lowest BCUT2D eigenvalue weighted by atomic mass is 10.0. The lowest BCUT2D eigenvalue weighted by Gasteiger charge is -2.33. The zero-order chi connectivity index (χ0) is 18.0. The van der Waals surface area contributed by atoms with Crippen LogP contribution in [0.4, 0.5) is 6.01 Å². The molecule has 1 aromatic heterocycles. The Morgan fingerprint density at radius 3 is 2.48 bits per heavy atom. The van der Waals surface area contributed by atoms with E-state index in [1.807, 2.05) is 18.7 Å². The molecule has 0 bridgehead atoms. The van der Waals surface area contributed by atoms with Crippen LogP contribution in [0.2, 0.25) is 10.0 Å². The molecule has 1 aromatic carbocycles. The van der Waals surface area contributed by atoms with Crippen molar-refractivity contribution >= 4 is 35.1 Å². The van der Waals surface area contributed by atoms with Gasteiger partial charge in [-0.25, -0.2) is 0 Å². The Kier molecular flexibility index (Phi) is 5.49. The molecule has 1 aliphatic heterocycles. The number of nitrogens with one attached hydrogen (secondary N) is 1. The third-order valence-corrected chi connectivity index (χ3v) is 4.61. The van der Waals surface area contributed by atoms with Gasteiger partial charge in [-0.2, -0.15) is 4.98 Å². The van der Waals surface area contributed by atoms with Gasteiger partial charge in [-0.15, -0.1) is 0 Å². The number of piperidine rings is 1. The number of hydrogen-bond donors (Lipinski definition) is 1. The second kappa shape index (κ2) is 7.62. The van der Waals surface area contributed by atoms with E-state index in [1.54, 1.807) is 18.2 Å². The summed E-state index contributed by atoms with van der Waals surface area (Å²) in [6.07, 6.45) is 1.69. The van der Waals surface area contributed by atoms with E-state index in [0.29, 0.717) is 27.4 Å². The molecule has 2 heterocycles. The van der Waals surface area contributed by atoms with E-state index in [2.05, 4.69) is 15.5 Å². The molecule has 1 amide bonds. The molecule has 1 fully saturated rings. The second-order valence-electron chi connectivity index (χ2n) is 6.48. The number of benzene rings is 1. The molecule has 134 valence electrons. The normalized spacial score (nSPS) is 15.6. The lowest BCUT2D eigenvalue weighted by molar-refractivity contribution is -0.135. The van der Waals surface area contributed by atoms with Gasteiger partial charge in [-0.3, -0.25) is 4.79 Å². The molecule has 2 aromatic rings. The maximum Gasteiger partial charge on any atom is 0.322 e. The Balaban J connectivity index is 1.60. The smallest absolute Gasteiger partial charge is 0.322 e. The zero-order valence-electron chi connectivity index (χ0n) is 14.1. The van der Waals surface area contributed by atoms with Gasteiger partial charge in [0, 0.05) is 40.7 Å². The molecule has 1 N–H and O–H groups in total. The van der Waals surface area contributed by atoms with Crippen molar-refractivity contribution in [3.63, 3.8) is 0 Å². The number of likely N-dealkylation sites (tertiary alicyclic amines) is 1. The first kappa shape index (κ1) is 18.0. The number of carbonyl (C=O) groups is 1. The number of rotatable bonds is 4. The second-order valence-corrected chi connectivity index (χ2v) is 7.35. The van der Waals surface area contributed by atoms with Crippen molar-refractivity contribution in [1.29, 1.82) is 0 Å². The minimum absolute atomic E-state index is 0.0347. The summed E-state index contributed by atoms with van der Waals surface area (Å²) in [7, 11) is 0. The van der Waals surface area contributed by atoms with Gasteiger partial charge in [0.2, 0.25) is 11.7 Å². The van der Waals surface area contributed by atoms with Gasteiger partial charge >= 0.3 is 6.01 Å². The van der Waals surface area contributed by atoms with Crippen LogP contribution in [0.15, 0.2) is 22.7 Å². The van der Waals surface area contributed by atoms with Crippen LogP contribution in [-0.2, 0) is 4.79 Å². The average Bonchev–Trinajstić information content (AvgIpc) is 3.02. The van der Waals surface area contributed by atoms with Crippen molar-refractivity contribution in [2.45, 2.75) is 32.7 Å². The third kappa shape index (κ3) is 4.44. The molecule has 0 saturated carbocycles. The zero-order valence-corrected chi connectivity index (χ0v) is 15.6. The summed E-state index contributed by atoms with van der Waals surface area (Å²) < 4.78 is 5.28. The van der Waals surface area contributed by atoms with E-state index in [-0.39, 0.29) is 17.9 Å². The van der Waals surface area contributed by atoms with Crippen LogP contribution in [0, 0.1) is 5.92 Å². The highest BCUT2D eigenvalue weighted by molar-refractivity contribution is 6.35. The Morgan fingerprint density at radius 1 is 1.24 bits per heavy atom. The number of anilines is 1. The van der Waals surface area contributed by atoms with Crippen molar-refractivity contribution < 1.29 is 9.32 Å². The summed E-state index contributed by atoms with van der Waals surface area (Å²) in [5.41, 5.74) is 0.701. The predicted molar refractivity (Wildman–Crippen MR) is 97.8 cm³/mol. The molecule has 0 spiro atoms. The summed E-state index contributed by atoms with van der Waals surface area (Å²) in [5.74, 6) is 0.670. The van der Waals surface area contributed by atoms with Crippen LogP contribution < -0.4 is 5.32 Å². The number of hydrogen-bond acceptors (Lipinski definition) is 5. The Bertz CT molecular complexity index is 735. The Morgan fingerprint density at radius 2 is 1.88 bits per heavy atom. The van der Waals surface area contributed by atoms with Gasteiger partial charge in [0.05, 0.1) is 0 Å². The van der Waals surface area contributed by atoms with Crippen LogP contribution in [0.25, 0.3) is 11.4 Å². The monoisotopic (exact) mass is 382 g/mol. The van der Waals surface area contributed by atoms with Gasteiger partial charge in [0.1, 0.15) is 0 Å². The van der Waals surface area contributed by atoms with E-state index in [9.17, 15) is 4.79 Å².